The van der Waals surface area contributed by atoms with Gasteiger partial charge in [-0.05, 0) is 13.0 Å². The van der Waals surface area contributed by atoms with Gasteiger partial charge in [-0.3, -0.25) is 4.79 Å². The summed E-state index contributed by atoms with van der Waals surface area (Å²) in [5.74, 6) is -3.24. The van der Waals surface area contributed by atoms with Crippen molar-refractivity contribution in [2.45, 2.75) is 19.5 Å². The largest absolute Gasteiger partial charge is 0.480 e. The number of aliphatic carboxylic acids is 1. The van der Waals surface area contributed by atoms with Crippen LogP contribution in [-0.4, -0.2) is 23.1 Å². The second-order valence-electron chi connectivity index (χ2n) is 3.60. The molecule has 0 aliphatic carbocycles. The van der Waals surface area contributed by atoms with Crippen molar-refractivity contribution in [1.29, 1.82) is 0 Å². The van der Waals surface area contributed by atoms with Crippen molar-refractivity contribution in [3.8, 4) is 0 Å². The van der Waals surface area contributed by atoms with Gasteiger partial charge >= 0.3 is 12.0 Å². The number of nitrogens with one attached hydrogen (secondary N) is 2. The average molecular weight is 258 g/mol. The molecule has 98 valence electrons. The Morgan fingerprint density at radius 1 is 1.39 bits per heavy atom. The highest BCUT2D eigenvalue weighted by Crippen LogP contribution is 2.10. The first kappa shape index (κ1) is 13.9. The lowest BCUT2D eigenvalue weighted by Gasteiger charge is -2.11. The van der Waals surface area contributed by atoms with Gasteiger partial charge in [-0.2, -0.15) is 0 Å². The number of halogens is 2. The molecule has 0 heterocycles. The van der Waals surface area contributed by atoms with E-state index in [1.807, 2.05) is 0 Å². The molecule has 1 atom stereocenters. The lowest BCUT2D eigenvalue weighted by molar-refractivity contribution is -0.138. The van der Waals surface area contributed by atoms with E-state index in [0.717, 1.165) is 6.07 Å². The molecule has 1 aromatic carbocycles. The monoisotopic (exact) mass is 258 g/mol. The van der Waals surface area contributed by atoms with Gasteiger partial charge in [-0.15, -0.1) is 0 Å². The molecule has 0 aromatic heterocycles. The SMILES string of the molecule is CC(NC(=O)NCc1cccc(F)c1F)C(=O)O. The summed E-state index contributed by atoms with van der Waals surface area (Å²) < 4.78 is 26.0. The predicted molar refractivity (Wildman–Crippen MR) is 58.8 cm³/mol. The average Bonchev–Trinajstić information content (AvgIpc) is 2.31. The zero-order chi connectivity index (χ0) is 13.7. The summed E-state index contributed by atoms with van der Waals surface area (Å²) in [6.45, 7) is 1.05. The van der Waals surface area contributed by atoms with Gasteiger partial charge in [0.1, 0.15) is 6.04 Å². The van der Waals surface area contributed by atoms with Gasteiger partial charge in [-0.1, -0.05) is 12.1 Å². The second kappa shape index (κ2) is 5.95. The number of rotatable bonds is 4. The highest BCUT2D eigenvalue weighted by molar-refractivity contribution is 5.82. The molecule has 0 radical (unpaired) electrons. The summed E-state index contributed by atoms with van der Waals surface area (Å²) >= 11 is 0. The Balaban J connectivity index is 2.53. The Labute approximate surface area is 102 Å². The number of carboxylic acid groups (broad SMARTS) is 1. The smallest absolute Gasteiger partial charge is 0.325 e. The first-order chi connectivity index (χ1) is 8.41. The van der Waals surface area contributed by atoms with E-state index in [2.05, 4.69) is 10.6 Å². The van der Waals surface area contributed by atoms with Crippen LogP contribution in [0.15, 0.2) is 18.2 Å². The molecule has 5 nitrogen and oxygen atoms in total. The number of carboxylic acids is 1. The topological polar surface area (TPSA) is 78.4 Å². The van der Waals surface area contributed by atoms with Gasteiger partial charge < -0.3 is 15.7 Å². The molecular formula is C11H12F2N2O3. The molecular weight excluding hydrogens is 246 g/mol. The summed E-state index contributed by atoms with van der Waals surface area (Å²) in [4.78, 5) is 21.7. The minimum absolute atomic E-state index is 0.0203. The fraction of sp³-hybridized carbons (Fsp3) is 0.273. The van der Waals surface area contributed by atoms with Crippen LogP contribution in [0, 0.1) is 11.6 Å². The third-order valence-corrected chi connectivity index (χ3v) is 2.19. The molecule has 0 spiro atoms. The summed E-state index contributed by atoms with van der Waals surface area (Å²) in [6, 6.07) is 1.76. The van der Waals surface area contributed by atoms with E-state index in [-0.39, 0.29) is 12.1 Å². The van der Waals surface area contributed by atoms with Crippen molar-refractivity contribution in [3.63, 3.8) is 0 Å². The fourth-order valence-electron chi connectivity index (χ4n) is 1.17. The molecule has 3 N–H and O–H groups in total. The van der Waals surface area contributed by atoms with E-state index in [0.29, 0.717) is 0 Å². The second-order valence-corrected chi connectivity index (χ2v) is 3.60. The van der Waals surface area contributed by atoms with Gasteiger partial charge in [0.25, 0.3) is 0 Å². The lowest BCUT2D eigenvalue weighted by Crippen LogP contribution is -2.44. The van der Waals surface area contributed by atoms with E-state index in [4.69, 9.17) is 5.11 Å². The number of hydrogen-bond donors (Lipinski definition) is 3. The Morgan fingerprint density at radius 3 is 2.67 bits per heavy atom. The number of carbonyl (C=O) groups is 2. The molecule has 2 amide bonds. The quantitative estimate of drug-likeness (QED) is 0.760. The van der Waals surface area contributed by atoms with Gasteiger partial charge in [0.05, 0.1) is 0 Å². The zero-order valence-electron chi connectivity index (χ0n) is 9.54. The van der Waals surface area contributed by atoms with Crippen LogP contribution in [0.3, 0.4) is 0 Å². The zero-order valence-corrected chi connectivity index (χ0v) is 9.54. The Hall–Kier alpha value is -2.18. The van der Waals surface area contributed by atoms with Crippen LogP contribution in [0.5, 0.6) is 0 Å². The third-order valence-electron chi connectivity index (χ3n) is 2.19. The first-order valence-electron chi connectivity index (χ1n) is 5.12. The minimum atomic E-state index is -1.19. The van der Waals surface area contributed by atoms with Crippen LogP contribution < -0.4 is 10.6 Å². The maximum absolute atomic E-state index is 13.2. The lowest BCUT2D eigenvalue weighted by atomic mass is 10.2. The van der Waals surface area contributed by atoms with Crippen molar-refractivity contribution in [2.24, 2.45) is 0 Å². The molecule has 0 aliphatic heterocycles. The maximum Gasteiger partial charge on any atom is 0.325 e. The standard InChI is InChI=1S/C11H12F2N2O3/c1-6(10(16)17)15-11(18)14-5-7-3-2-4-8(12)9(7)13/h2-4,6H,5H2,1H3,(H,16,17)(H2,14,15,18). The molecule has 7 heteroatoms. The maximum atomic E-state index is 13.2. The van der Waals surface area contributed by atoms with Gasteiger partial charge in [0, 0.05) is 12.1 Å². The number of hydrogen-bond acceptors (Lipinski definition) is 2. The molecule has 1 unspecified atom stereocenters. The normalized spacial score (nSPS) is 11.7. The van der Waals surface area contributed by atoms with Crippen LogP contribution in [0.4, 0.5) is 13.6 Å². The van der Waals surface area contributed by atoms with E-state index in [9.17, 15) is 18.4 Å². The summed E-state index contributed by atoms with van der Waals surface area (Å²) in [7, 11) is 0. The van der Waals surface area contributed by atoms with Crippen molar-refractivity contribution in [2.75, 3.05) is 0 Å². The van der Waals surface area contributed by atoms with Crippen molar-refractivity contribution in [1.82, 2.24) is 10.6 Å². The van der Waals surface area contributed by atoms with Crippen molar-refractivity contribution >= 4 is 12.0 Å². The molecule has 0 aliphatic rings. The fourth-order valence-corrected chi connectivity index (χ4v) is 1.17. The number of urea groups is 1. The van der Waals surface area contributed by atoms with E-state index < -0.39 is 29.7 Å². The van der Waals surface area contributed by atoms with Crippen molar-refractivity contribution < 1.29 is 23.5 Å². The molecule has 1 aromatic rings. The molecule has 0 bridgehead atoms. The van der Waals surface area contributed by atoms with Crippen LogP contribution in [0.25, 0.3) is 0 Å². The van der Waals surface area contributed by atoms with Crippen LogP contribution in [0.2, 0.25) is 0 Å². The van der Waals surface area contributed by atoms with Crippen LogP contribution in [0.1, 0.15) is 12.5 Å². The summed E-state index contributed by atoms with van der Waals surface area (Å²) in [5, 5.41) is 12.9. The van der Waals surface area contributed by atoms with Gasteiger partial charge in [0.15, 0.2) is 11.6 Å². The number of carbonyl (C=O) groups excluding carboxylic acids is 1. The Kier molecular flexibility index (Phi) is 4.59. The molecule has 18 heavy (non-hydrogen) atoms. The van der Waals surface area contributed by atoms with E-state index in [1.54, 1.807) is 0 Å². The molecule has 0 saturated heterocycles. The molecule has 0 fully saturated rings. The number of benzene rings is 1. The van der Waals surface area contributed by atoms with Crippen molar-refractivity contribution in [3.05, 3.63) is 35.4 Å². The number of amides is 2. The van der Waals surface area contributed by atoms with Crippen LogP contribution in [-0.2, 0) is 11.3 Å². The minimum Gasteiger partial charge on any atom is -0.480 e. The predicted octanol–water partition coefficient (Wildman–Crippen LogP) is 1.24. The highest BCUT2D eigenvalue weighted by Gasteiger charge is 2.14. The Bertz CT molecular complexity index is 466. The summed E-state index contributed by atoms with van der Waals surface area (Å²) in [5.41, 5.74) is -0.0203. The highest BCUT2D eigenvalue weighted by atomic mass is 19.2. The third kappa shape index (κ3) is 3.69. The Morgan fingerprint density at radius 2 is 2.06 bits per heavy atom. The van der Waals surface area contributed by atoms with Gasteiger partial charge in [-0.25, -0.2) is 13.6 Å². The summed E-state index contributed by atoms with van der Waals surface area (Å²) in [6.07, 6.45) is 0. The molecule has 0 saturated carbocycles. The van der Waals surface area contributed by atoms with Crippen LogP contribution >= 0.6 is 0 Å². The van der Waals surface area contributed by atoms with E-state index in [1.165, 1.54) is 19.1 Å². The van der Waals surface area contributed by atoms with Gasteiger partial charge in [0.2, 0.25) is 0 Å². The first-order valence-corrected chi connectivity index (χ1v) is 5.12. The van der Waals surface area contributed by atoms with E-state index >= 15 is 0 Å². The molecule has 1 rings (SSSR count).